The number of rotatable bonds is 3. The Balaban J connectivity index is 2.01. The van der Waals surface area contributed by atoms with E-state index in [-0.39, 0.29) is 5.84 Å². The number of thioether (sulfide) groups is 1. The zero-order valence-corrected chi connectivity index (χ0v) is 10.7. The molecule has 0 aromatic carbocycles. The third-order valence-electron chi connectivity index (χ3n) is 2.82. The molecule has 0 bridgehead atoms. The lowest BCUT2D eigenvalue weighted by molar-refractivity contribution is 0.287. The van der Waals surface area contributed by atoms with Crippen molar-refractivity contribution in [2.24, 2.45) is 5.73 Å². The van der Waals surface area contributed by atoms with Gasteiger partial charge in [-0.05, 0) is 36.4 Å². The number of nitrogen functional groups attached to an aromatic ring is 1. The van der Waals surface area contributed by atoms with Gasteiger partial charge in [-0.2, -0.15) is 11.8 Å². The minimum atomic E-state index is 0.0401. The Hall–Kier alpha value is -1.07. The molecule has 1 aromatic rings. The van der Waals surface area contributed by atoms with Crippen LogP contribution in [-0.2, 0) is 6.54 Å². The average Bonchev–Trinajstić information content (AvgIpc) is 2.58. The van der Waals surface area contributed by atoms with Crippen molar-refractivity contribution in [3.63, 3.8) is 0 Å². The fourth-order valence-corrected chi connectivity index (χ4v) is 2.86. The average molecular weight is 250 g/mol. The number of pyridine rings is 1. The van der Waals surface area contributed by atoms with Gasteiger partial charge in [0.15, 0.2) is 0 Å². The normalized spacial score (nSPS) is 17.6. The van der Waals surface area contributed by atoms with Gasteiger partial charge >= 0.3 is 0 Å². The lowest BCUT2D eigenvalue weighted by atomic mass is 10.2. The molecule has 0 unspecified atom stereocenters. The van der Waals surface area contributed by atoms with Crippen LogP contribution in [0.3, 0.4) is 0 Å². The van der Waals surface area contributed by atoms with Crippen LogP contribution in [0, 0.1) is 5.41 Å². The molecule has 1 saturated heterocycles. The second-order valence-electron chi connectivity index (χ2n) is 4.21. The SMILES string of the molecule is N=C(N)c1cc(CN2CCCSCC2)ccn1. The zero-order valence-electron chi connectivity index (χ0n) is 9.85. The van der Waals surface area contributed by atoms with E-state index >= 15 is 0 Å². The summed E-state index contributed by atoms with van der Waals surface area (Å²) in [6.07, 6.45) is 2.99. The molecular formula is C12H18N4S. The highest BCUT2D eigenvalue weighted by atomic mass is 32.2. The highest BCUT2D eigenvalue weighted by molar-refractivity contribution is 7.99. The predicted octanol–water partition coefficient (Wildman–Crippen LogP) is 1.30. The molecule has 2 heterocycles. The first kappa shape index (κ1) is 12.4. The van der Waals surface area contributed by atoms with E-state index < -0.39 is 0 Å². The summed E-state index contributed by atoms with van der Waals surface area (Å²) < 4.78 is 0. The highest BCUT2D eigenvalue weighted by Gasteiger charge is 2.10. The van der Waals surface area contributed by atoms with Crippen LogP contribution in [0.4, 0.5) is 0 Å². The summed E-state index contributed by atoms with van der Waals surface area (Å²) in [5.74, 6) is 2.52. The van der Waals surface area contributed by atoms with Crippen LogP contribution >= 0.6 is 11.8 Å². The van der Waals surface area contributed by atoms with Crippen molar-refractivity contribution in [2.75, 3.05) is 24.6 Å². The summed E-state index contributed by atoms with van der Waals surface area (Å²) in [4.78, 5) is 6.54. The number of nitrogens with zero attached hydrogens (tertiary/aromatic N) is 2. The molecule has 3 N–H and O–H groups in total. The van der Waals surface area contributed by atoms with Gasteiger partial charge in [0, 0.05) is 25.0 Å². The van der Waals surface area contributed by atoms with E-state index in [2.05, 4.69) is 9.88 Å². The fraction of sp³-hybridized carbons (Fsp3) is 0.500. The number of aromatic nitrogens is 1. The molecular weight excluding hydrogens is 232 g/mol. The van der Waals surface area contributed by atoms with Crippen molar-refractivity contribution in [1.82, 2.24) is 9.88 Å². The Morgan fingerprint density at radius 2 is 2.35 bits per heavy atom. The number of amidine groups is 1. The van der Waals surface area contributed by atoms with Crippen molar-refractivity contribution in [2.45, 2.75) is 13.0 Å². The van der Waals surface area contributed by atoms with Crippen molar-refractivity contribution in [1.29, 1.82) is 5.41 Å². The minimum absolute atomic E-state index is 0.0401. The van der Waals surface area contributed by atoms with Gasteiger partial charge in [-0.1, -0.05) is 0 Å². The lowest BCUT2D eigenvalue weighted by Crippen LogP contribution is -2.25. The van der Waals surface area contributed by atoms with Crippen molar-refractivity contribution < 1.29 is 0 Å². The van der Waals surface area contributed by atoms with E-state index in [1.807, 2.05) is 23.9 Å². The van der Waals surface area contributed by atoms with Crippen LogP contribution < -0.4 is 5.73 Å². The van der Waals surface area contributed by atoms with Crippen LogP contribution in [0.1, 0.15) is 17.7 Å². The van der Waals surface area contributed by atoms with Crippen LogP contribution in [0.2, 0.25) is 0 Å². The smallest absolute Gasteiger partial charge is 0.141 e. The molecule has 1 fully saturated rings. The molecule has 0 saturated carbocycles. The number of nitrogens with two attached hydrogens (primary N) is 1. The summed E-state index contributed by atoms with van der Waals surface area (Å²) in [6, 6.07) is 3.92. The van der Waals surface area contributed by atoms with E-state index in [0.717, 1.165) is 19.6 Å². The van der Waals surface area contributed by atoms with E-state index in [0.29, 0.717) is 5.69 Å². The summed E-state index contributed by atoms with van der Waals surface area (Å²) in [6.45, 7) is 3.23. The second kappa shape index (κ2) is 6.02. The molecule has 0 radical (unpaired) electrons. The maximum absolute atomic E-state index is 7.38. The number of hydrogen-bond acceptors (Lipinski definition) is 4. The molecule has 17 heavy (non-hydrogen) atoms. The number of hydrogen-bond donors (Lipinski definition) is 2. The third-order valence-corrected chi connectivity index (χ3v) is 3.87. The second-order valence-corrected chi connectivity index (χ2v) is 5.43. The van der Waals surface area contributed by atoms with Crippen LogP contribution in [0.5, 0.6) is 0 Å². The molecule has 2 rings (SSSR count). The molecule has 0 spiro atoms. The molecule has 4 nitrogen and oxygen atoms in total. The molecule has 0 atom stereocenters. The van der Waals surface area contributed by atoms with E-state index in [9.17, 15) is 0 Å². The van der Waals surface area contributed by atoms with Gasteiger partial charge < -0.3 is 5.73 Å². The van der Waals surface area contributed by atoms with Gasteiger partial charge in [0.1, 0.15) is 11.5 Å². The van der Waals surface area contributed by atoms with Crippen molar-refractivity contribution >= 4 is 17.6 Å². The zero-order chi connectivity index (χ0) is 12.1. The molecule has 5 heteroatoms. The van der Waals surface area contributed by atoms with Crippen LogP contribution in [-0.4, -0.2) is 40.3 Å². The summed E-state index contributed by atoms with van der Waals surface area (Å²) in [7, 11) is 0. The maximum Gasteiger partial charge on any atom is 0.141 e. The predicted molar refractivity (Wildman–Crippen MR) is 72.5 cm³/mol. The summed E-state index contributed by atoms with van der Waals surface area (Å²) in [5.41, 5.74) is 7.21. The van der Waals surface area contributed by atoms with Gasteiger partial charge in [0.2, 0.25) is 0 Å². The first-order valence-corrected chi connectivity index (χ1v) is 7.00. The van der Waals surface area contributed by atoms with Gasteiger partial charge in [0.25, 0.3) is 0 Å². The van der Waals surface area contributed by atoms with Crippen LogP contribution in [0.25, 0.3) is 0 Å². The van der Waals surface area contributed by atoms with E-state index in [4.69, 9.17) is 11.1 Å². The monoisotopic (exact) mass is 250 g/mol. The number of nitrogens with one attached hydrogen (secondary N) is 1. The van der Waals surface area contributed by atoms with Gasteiger partial charge in [-0.25, -0.2) is 0 Å². The largest absolute Gasteiger partial charge is 0.382 e. The Kier molecular flexibility index (Phi) is 4.39. The quantitative estimate of drug-likeness (QED) is 0.627. The minimum Gasteiger partial charge on any atom is -0.382 e. The maximum atomic E-state index is 7.38. The van der Waals surface area contributed by atoms with Crippen LogP contribution in [0.15, 0.2) is 18.3 Å². The summed E-state index contributed by atoms with van der Waals surface area (Å²) in [5, 5.41) is 7.38. The highest BCUT2D eigenvalue weighted by Crippen LogP contribution is 2.13. The standard InChI is InChI=1S/C12H18N4S/c13-12(14)11-8-10(2-3-15-11)9-16-4-1-6-17-7-5-16/h2-3,8H,1,4-7,9H2,(H3,13,14). The Morgan fingerprint density at radius 1 is 1.47 bits per heavy atom. The first-order valence-electron chi connectivity index (χ1n) is 5.85. The lowest BCUT2D eigenvalue weighted by Gasteiger charge is -2.19. The third kappa shape index (κ3) is 3.71. The van der Waals surface area contributed by atoms with E-state index in [1.165, 1.54) is 23.5 Å². The molecule has 0 aliphatic carbocycles. The fourth-order valence-electron chi connectivity index (χ4n) is 1.93. The molecule has 0 amide bonds. The van der Waals surface area contributed by atoms with Gasteiger partial charge in [0.05, 0.1) is 0 Å². The van der Waals surface area contributed by atoms with Gasteiger partial charge in [-0.3, -0.25) is 15.3 Å². The topological polar surface area (TPSA) is 66.0 Å². The molecule has 1 aromatic heterocycles. The molecule has 1 aliphatic rings. The van der Waals surface area contributed by atoms with Crippen molar-refractivity contribution in [3.05, 3.63) is 29.6 Å². The molecule has 92 valence electrons. The molecule has 1 aliphatic heterocycles. The van der Waals surface area contributed by atoms with Crippen molar-refractivity contribution in [3.8, 4) is 0 Å². The van der Waals surface area contributed by atoms with E-state index in [1.54, 1.807) is 6.20 Å². The Bertz CT molecular complexity index is 386. The Morgan fingerprint density at radius 3 is 3.18 bits per heavy atom. The first-order chi connectivity index (χ1) is 8.25. The van der Waals surface area contributed by atoms with Gasteiger partial charge in [-0.15, -0.1) is 0 Å². The Labute approximate surface area is 106 Å². The summed E-state index contributed by atoms with van der Waals surface area (Å²) >= 11 is 2.03.